The summed E-state index contributed by atoms with van der Waals surface area (Å²) in [5, 5.41) is 3.71. The molecule has 1 aromatic carbocycles. The van der Waals surface area contributed by atoms with Gasteiger partial charge in [0.25, 0.3) is 0 Å². The molecule has 1 aliphatic rings. The van der Waals surface area contributed by atoms with Crippen molar-refractivity contribution < 1.29 is 4.39 Å². The average molecular weight is 290 g/mol. The van der Waals surface area contributed by atoms with Crippen LogP contribution in [0.5, 0.6) is 0 Å². The Balaban J connectivity index is 2.19. The predicted octanol–water partition coefficient (Wildman–Crippen LogP) is 3.70. The summed E-state index contributed by atoms with van der Waals surface area (Å²) >= 11 is 5.31. The molecule has 1 saturated heterocycles. The molecule has 1 nitrogen and oxygen atoms in total. The van der Waals surface area contributed by atoms with Crippen LogP contribution in [0.3, 0.4) is 0 Å². The minimum atomic E-state index is -0.171. The summed E-state index contributed by atoms with van der Waals surface area (Å²) in [5.41, 5.74) is 1.01. The molecule has 0 radical (unpaired) electrons. The lowest BCUT2D eigenvalue weighted by atomic mass is 10.2. The van der Waals surface area contributed by atoms with Gasteiger partial charge in [0.15, 0.2) is 0 Å². The Hall–Kier alpha value is -0.0600. The van der Waals surface area contributed by atoms with Crippen LogP contribution in [0.25, 0.3) is 0 Å². The molecule has 1 N–H and O–H groups in total. The SMILES string of the molecule is CCC1CSC(c2cc(F)ccc2Br)N1. The zero-order chi connectivity index (χ0) is 10.8. The molecule has 2 rings (SSSR count). The molecule has 1 aromatic rings. The minimum Gasteiger partial charge on any atom is -0.298 e. The normalized spacial score (nSPS) is 25.8. The minimum absolute atomic E-state index is 0.171. The smallest absolute Gasteiger partial charge is 0.123 e. The summed E-state index contributed by atoms with van der Waals surface area (Å²) in [4.78, 5) is 0. The number of thioether (sulfide) groups is 1. The largest absolute Gasteiger partial charge is 0.298 e. The molecule has 1 fully saturated rings. The summed E-state index contributed by atoms with van der Waals surface area (Å²) in [6.07, 6.45) is 1.12. The third-order valence-corrected chi connectivity index (χ3v) is 4.62. The Labute approximate surface area is 102 Å². The molecular weight excluding hydrogens is 277 g/mol. The Morgan fingerprint density at radius 3 is 3.07 bits per heavy atom. The second kappa shape index (κ2) is 4.85. The van der Waals surface area contributed by atoms with Crippen LogP contribution in [0.4, 0.5) is 4.39 Å². The summed E-state index contributed by atoms with van der Waals surface area (Å²) < 4.78 is 14.1. The molecular formula is C11H13BrFNS. The maximum atomic E-state index is 13.1. The van der Waals surface area contributed by atoms with Gasteiger partial charge in [-0.15, -0.1) is 11.8 Å². The lowest BCUT2D eigenvalue weighted by Crippen LogP contribution is -2.24. The molecule has 0 bridgehead atoms. The molecule has 82 valence electrons. The van der Waals surface area contributed by atoms with E-state index in [-0.39, 0.29) is 11.2 Å². The number of nitrogens with one attached hydrogen (secondary N) is 1. The van der Waals surface area contributed by atoms with Gasteiger partial charge in [-0.25, -0.2) is 4.39 Å². The van der Waals surface area contributed by atoms with Crippen molar-refractivity contribution in [2.45, 2.75) is 24.8 Å². The Morgan fingerprint density at radius 2 is 2.40 bits per heavy atom. The van der Waals surface area contributed by atoms with E-state index in [1.165, 1.54) is 6.07 Å². The van der Waals surface area contributed by atoms with Crippen LogP contribution in [0.15, 0.2) is 22.7 Å². The van der Waals surface area contributed by atoms with Crippen molar-refractivity contribution in [3.8, 4) is 0 Å². The Morgan fingerprint density at radius 1 is 1.60 bits per heavy atom. The van der Waals surface area contributed by atoms with Crippen LogP contribution in [0.2, 0.25) is 0 Å². The summed E-state index contributed by atoms with van der Waals surface area (Å²) in [6.45, 7) is 2.17. The zero-order valence-electron chi connectivity index (χ0n) is 8.47. The van der Waals surface area contributed by atoms with E-state index in [1.54, 1.807) is 12.1 Å². The van der Waals surface area contributed by atoms with Crippen molar-refractivity contribution in [3.05, 3.63) is 34.1 Å². The van der Waals surface area contributed by atoms with Gasteiger partial charge in [-0.3, -0.25) is 5.32 Å². The van der Waals surface area contributed by atoms with E-state index in [1.807, 2.05) is 11.8 Å². The van der Waals surface area contributed by atoms with Gasteiger partial charge >= 0.3 is 0 Å². The van der Waals surface area contributed by atoms with Crippen molar-refractivity contribution in [3.63, 3.8) is 0 Å². The number of rotatable bonds is 2. The lowest BCUT2D eigenvalue weighted by molar-refractivity contribution is 0.557. The molecule has 0 saturated carbocycles. The number of hydrogen-bond donors (Lipinski definition) is 1. The molecule has 4 heteroatoms. The number of benzene rings is 1. The highest BCUT2D eigenvalue weighted by molar-refractivity contribution is 9.10. The van der Waals surface area contributed by atoms with E-state index in [2.05, 4.69) is 28.2 Å². The van der Waals surface area contributed by atoms with Crippen LogP contribution < -0.4 is 5.32 Å². The molecule has 0 spiro atoms. The van der Waals surface area contributed by atoms with Crippen LogP contribution in [0.1, 0.15) is 24.3 Å². The molecule has 1 aliphatic heterocycles. The van der Waals surface area contributed by atoms with Crippen LogP contribution in [0, 0.1) is 5.82 Å². The first-order valence-electron chi connectivity index (χ1n) is 5.03. The highest BCUT2D eigenvalue weighted by atomic mass is 79.9. The molecule has 15 heavy (non-hydrogen) atoms. The molecule has 2 atom stereocenters. The van der Waals surface area contributed by atoms with E-state index >= 15 is 0 Å². The highest BCUT2D eigenvalue weighted by Crippen LogP contribution is 2.37. The average Bonchev–Trinajstić information content (AvgIpc) is 2.70. The second-order valence-electron chi connectivity index (χ2n) is 3.65. The van der Waals surface area contributed by atoms with Crippen LogP contribution in [-0.2, 0) is 0 Å². The summed E-state index contributed by atoms with van der Waals surface area (Å²) in [5.74, 6) is 0.931. The fourth-order valence-corrected chi connectivity index (χ4v) is 3.70. The maximum absolute atomic E-state index is 13.1. The van der Waals surface area contributed by atoms with Gasteiger partial charge in [0, 0.05) is 16.3 Å². The topological polar surface area (TPSA) is 12.0 Å². The first-order valence-corrected chi connectivity index (χ1v) is 6.87. The van der Waals surface area contributed by atoms with Crippen molar-refractivity contribution in [1.29, 1.82) is 0 Å². The van der Waals surface area contributed by atoms with E-state index in [9.17, 15) is 4.39 Å². The molecule has 1 heterocycles. The van der Waals surface area contributed by atoms with Crippen molar-refractivity contribution in [2.24, 2.45) is 0 Å². The van der Waals surface area contributed by atoms with Crippen molar-refractivity contribution in [2.75, 3.05) is 5.75 Å². The van der Waals surface area contributed by atoms with E-state index in [4.69, 9.17) is 0 Å². The molecule has 0 amide bonds. The van der Waals surface area contributed by atoms with Gasteiger partial charge in [0.05, 0.1) is 5.37 Å². The summed E-state index contributed by atoms with van der Waals surface area (Å²) in [6, 6.07) is 5.40. The summed E-state index contributed by atoms with van der Waals surface area (Å²) in [7, 11) is 0. The van der Waals surface area contributed by atoms with Gasteiger partial charge in [0.2, 0.25) is 0 Å². The van der Waals surface area contributed by atoms with Crippen molar-refractivity contribution >= 4 is 27.7 Å². The molecule has 0 aromatic heterocycles. The molecule has 2 unspecified atom stereocenters. The lowest BCUT2D eigenvalue weighted by Gasteiger charge is -2.14. The first-order chi connectivity index (χ1) is 7.20. The standard InChI is InChI=1S/C11H13BrFNS/c1-2-8-6-15-11(14-8)9-5-7(13)3-4-10(9)12/h3-5,8,11,14H,2,6H2,1H3. The van der Waals surface area contributed by atoms with Crippen LogP contribution >= 0.6 is 27.7 Å². The Bertz CT molecular complexity index is 358. The zero-order valence-corrected chi connectivity index (χ0v) is 10.9. The van der Waals surface area contributed by atoms with Gasteiger partial charge < -0.3 is 0 Å². The van der Waals surface area contributed by atoms with E-state index < -0.39 is 0 Å². The fraction of sp³-hybridized carbons (Fsp3) is 0.455. The number of halogens is 2. The van der Waals surface area contributed by atoms with E-state index in [0.717, 1.165) is 22.2 Å². The van der Waals surface area contributed by atoms with Gasteiger partial charge in [-0.05, 0) is 30.2 Å². The molecule has 0 aliphatic carbocycles. The van der Waals surface area contributed by atoms with Gasteiger partial charge in [-0.2, -0.15) is 0 Å². The Kier molecular flexibility index (Phi) is 3.69. The first kappa shape index (κ1) is 11.4. The van der Waals surface area contributed by atoms with Crippen molar-refractivity contribution in [1.82, 2.24) is 5.32 Å². The third-order valence-electron chi connectivity index (χ3n) is 2.58. The van der Waals surface area contributed by atoms with E-state index in [0.29, 0.717) is 6.04 Å². The highest BCUT2D eigenvalue weighted by Gasteiger charge is 2.25. The van der Waals surface area contributed by atoms with Gasteiger partial charge in [-0.1, -0.05) is 22.9 Å². The number of hydrogen-bond acceptors (Lipinski definition) is 2. The monoisotopic (exact) mass is 289 g/mol. The fourth-order valence-electron chi connectivity index (χ4n) is 1.65. The maximum Gasteiger partial charge on any atom is 0.123 e. The quantitative estimate of drug-likeness (QED) is 0.891. The van der Waals surface area contributed by atoms with Gasteiger partial charge in [0.1, 0.15) is 5.82 Å². The third kappa shape index (κ3) is 2.55. The van der Waals surface area contributed by atoms with Crippen LogP contribution in [-0.4, -0.2) is 11.8 Å². The second-order valence-corrected chi connectivity index (χ2v) is 5.64. The predicted molar refractivity (Wildman–Crippen MR) is 66.5 cm³/mol.